The average molecular weight is 449 g/mol. The molecule has 0 fully saturated rings. The highest BCUT2D eigenvalue weighted by atomic mass is 32.2. The molecule has 0 aliphatic carbocycles. The lowest BCUT2D eigenvalue weighted by Gasteiger charge is -2.11. The molecule has 0 atom stereocenters. The number of hydrogen-bond donors (Lipinski definition) is 2. The fraction of sp³-hybridized carbons (Fsp3) is 0.278. The summed E-state index contributed by atoms with van der Waals surface area (Å²) in [6, 6.07) is 7.71. The van der Waals surface area contributed by atoms with E-state index in [2.05, 4.69) is 9.46 Å². The Morgan fingerprint density at radius 3 is 2.34 bits per heavy atom. The number of halogens is 3. The van der Waals surface area contributed by atoms with E-state index in [-0.39, 0.29) is 22.8 Å². The highest BCUT2D eigenvalue weighted by Gasteiger charge is 2.30. The second-order valence-electron chi connectivity index (χ2n) is 5.98. The minimum atomic E-state index is -4.76. The molecule has 6 nitrogen and oxygen atoms in total. The predicted molar refractivity (Wildman–Crippen MR) is 102 cm³/mol. The summed E-state index contributed by atoms with van der Waals surface area (Å²) in [6.07, 6.45) is -4.76. The third kappa shape index (κ3) is 6.65. The maximum absolute atomic E-state index is 12.4. The van der Waals surface area contributed by atoms with Gasteiger partial charge in [0.15, 0.2) is 0 Å². The van der Waals surface area contributed by atoms with Gasteiger partial charge in [-0.15, -0.1) is 24.9 Å². The maximum atomic E-state index is 12.4. The van der Waals surface area contributed by atoms with E-state index in [0.717, 1.165) is 6.07 Å². The van der Waals surface area contributed by atoms with Gasteiger partial charge in [0.1, 0.15) is 5.75 Å². The molecule has 2 aromatic carbocycles. The Hall–Kier alpha value is -2.24. The fourth-order valence-electron chi connectivity index (χ4n) is 2.37. The zero-order valence-corrected chi connectivity index (χ0v) is 17.0. The van der Waals surface area contributed by atoms with Crippen LogP contribution < -0.4 is 9.46 Å². The van der Waals surface area contributed by atoms with Gasteiger partial charge in [0.2, 0.25) is 10.0 Å². The number of alkyl halides is 3. The minimum absolute atomic E-state index is 0.0448. The van der Waals surface area contributed by atoms with Crippen LogP contribution in [0.1, 0.15) is 21.5 Å². The third-order valence-electron chi connectivity index (χ3n) is 3.90. The molecule has 0 amide bonds. The second kappa shape index (κ2) is 9.06. The number of ether oxygens (including phenoxy) is 1. The summed E-state index contributed by atoms with van der Waals surface area (Å²) in [5.74, 6) is -1.24. The van der Waals surface area contributed by atoms with Crippen molar-refractivity contribution in [3.63, 3.8) is 0 Å². The quantitative estimate of drug-likeness (QED) is 0.468. The highest BCUT2D eigenvalue weighted by Crippen LogP contribution is 2.26. The maximum Gasteiger partial charge on any atom is 0.573 e. The van der Waals surface area contributed by atoms with Crippen LogP contribution in [0.2, 0.25) is 0 Å². The molecule has 2 N–H and O–H groups in total. The Morgan fingerprint density at radius 2 is 1.79 bits per heavy atom. The van der Waals surface area contributed by atoms with Gasteiger partial charge in [0, 0.05) is 17.2 Å². The predicted octanol–water partition coefficient (Wildman–Crippen LogP) is 3.97. The van der Waals surface area contributed by atoms with E-state index >= 15 is 0 Å². The lowest BCUT2D eigenvalue weighted by Crippen LogP contribution is -2.26. The standard InChI is InChI=1S/C18H18F3NO5S2/c1-11-9-15(10-16(12(11)2)17(23)24)29(25,26)22-7-8-28-14-5-3-13(4-6-14)27-18(19,20)21/h3-6,9-10,22H,7-8H2,1-2H3,(H,23,24). The first-order valence-electron chi connectivity index (χ1n) is 8.22. The van der Waals surface area contributed by atoms with Crippen LogP contribution in [0.15, 0.2) is 46.2 Å². The lowest BCUT2D eigenvalue weighted by atomic mass is 10.0. The van der Waals surface area contributed by atoms with Crippen molar-refractivity contribution in [3.8, 4) is 5.75 Å². The lowest BCUT2D eigenvalue weighted by molar-refractivity contribution is -0.274. The summed E-state index contributed by atoms with van der Waals surface area (Å²) in [7, 11) is -3.91. The van der Waals surface area contributed by atoms with Gasteiger partial charge in [-0.05, 0) is 61.4 Å². The smallest absolute Gasteiger partial charge is 0.478 e. The van der Waals surface area contributed by atoms with E-state index < -0.39 is 22.4 Å². The molecule has 0 bridgehead atoms. The topological polar surface area (TPSA) is 92.7 Å². The Balaban J connectivity index is 1.96. The number of carboxylic acid groups (broad SMARTS) is 1. The summed E-state index contributed by atoms with van der Waals surface area (Å²) in [4.78, 5) is 11.8. The largest absolute Gasteiger partial charge is 0.573 e. The van der Waals surface area contributed by atoms with Crippen LogP contribution in [-0.4, -0.2) is 38.2 Å². The van der Waals surface area contributed by atoms with Gasteiger partial charge < -0.3 is 9.84 Å². The van der Waals surface area contributed by atoms with Crippen molar-refractivity contribution in [1.29, 1.82) is 0 Å². The van der Waals surface area contributed by atoms with Crippen LogP contribution in [0, 0.1) is 13.8 Å². The van der Waals surface area contributed by atoms with E-state index in [0.29, 0.717) is 21.8 Å². The summed E-state index contributed by atoms with van der Waals surface area (Å²) >= 11 is 1.24. The molecule has 0 spiro atoms. The molecular weight excluding hydrogens is 431 g/mol. The zero-order valence-electron chi connectivity index (χ0n) is 15.4. The van der Waals surface area contributed by atoms with Crippen molar-refractivity contribution in [2.24, 2.45) is 0 Å². The molecule has 0 unspecified atom stereocenters. The van der Waals surface area contributed by atoms with Crippen molar-refractivity contribution >= 4 is 27.8 Å². The molecule has 158 valence electrons. The van der Waals surface area contributed by atoms with Crippen LogP contribution >= 0.6 is 11.8 Å². The van der Waals surface area contributed by atoms with Crippen molar-refractivity contribution in [1.82, 2.24) is 4.72 Å². The summed E-state index contributed by atoms with van der Waals surface area (Å²) in [5, 5.41) is 9.21. The van der Waals surface area contributed by atoms with Gasteiger partial charge in [-0.2, -0.15) is 0 Å². The molecule has 0 aromatic heterocycles. The van der Waals surface area contributed by atoms with Gasteiger partial charge >= 0.3 is 12.3 Å². The number of hydrogen-bond acceptors (Lipinski definition) is 5. The van der Waals surface area contributed by atoms with Gasteiger partial charge in [-0.3, -0.25) is 0 Å². The zero-order chi connectivity index (χ0) is 21.8. The summed E-state index contributed by atoms with van der Waals surface area (Å²) in [6.45, 7) is 3.27. The van der Waals surface area contributed by atoms with Gasteiger partial charge in [0.05, 0.1) is 10.5 Å². The Bertz CT molecular complexity index is 990. The Labute approximate surface area is 170 Å². The summed E-state index contributed by atoms with van der Waals surface area (Å²) < 4.78 is 67.4. The Morgan fingerprint density at radius 1 is 1.17 bits per heavy atom. The number of rotatable bonds is 8. The van der Waals surface area contributed by atoms with Crippen molar-refractivity contribution in [2.75, 3.05) is 12.3 Å². The molecule has 2 aromatic rings. The van der Waals surface area contributed by atoms with Crippen LogP contribution in [0.25, 0.3) is 0 Å². The van der Waals surface area contributed by atoms with Gasteiger partial charge in [0.25, 0.3) is 0 Å². The van der Waals surface area contributed by atoms with Crippen molar-refractivity contribution < 1.29 is 36.2 Å². The van der Waals surface area contributed by atoms with E-state index in [9.17, 15) is 31.5 Å². The number of thioether (sulfide) groups is 1. The molecule has 0 aliphatic heterocycles. The molecule has 2 rings (SSSR count). The number of carbonyl (C=O) groups is 1. The summed E-state index contributed by atoms with van der Waals surface area (Å²) in [5.41, 5.74) is 0.951. The van der Waals surface area contributed by atoms with E-state index in [4.69, 9.17) is 0 Å². The molecular formula is C18H18F3NO5S2. The van der Waals surface area contributed by atoms with E-state index in [1.54, 1.807) is 13.8 Å². The number of nitrogens with one attached hydrogen (secondary N) is 1. The van der Waals surface area contributed by atoms with E-state index in [1.165, 1.54) is 42.1 Å². The van der Waals surface area contributed by atoms with Crippen LogP contribution in [0.5, 0.6) is 5.75 Å². The van der Waals surface area contributed by atoms with Gasteiger partial charge in [-0.25, -0.2) is 17.9 Å². The normalized spacial score (nSPS) is 12.0. The number of sulfonamides is 1. The molecule has 0 saturated heterocycles. The first-order valence-corrected chi connectivity index (χ1v) is 10.7. The van der Waals surface area contributed by atoms with Crippen molar-refractivity contribution in [2.45, 2.75) is 30.0 Å². The number of aromatic carboxylic acids is 1. The fourth-order valence-corrected chi connectivity index (χ4v) is 4.41. The molecule has 0 radical (unpaired) electrons. The van der Waals surface area contributed by atoms with Crippen LogP contribution in [-0.2, 0) is 10.0 Å². The Kier molecular flexibility index (Phi) is 7.20. The average Bonchev–Trinajstić information content (AvgIpc) is 2.60. The molecule has 11 heteroatoms. The first kappa shape index (κ1) is 23.0. The molecule has 0 heterocycles. The SMILES string of the molecule is Cc1cc(S(=O)(=O)NCCSc2ccc(OC(F)(F)F)cc2)cc(C(=O)O)c1C. The molecule has 0 saturated carbocycles. The van der Waals surface area contributed by atoms with Crippen molar-refractivity contribution in [3.05, 3.63) is 53.1 Å². The van der Waals surface area contributed by atoms with Crippen LogP contribution in [0.4, 0.5) is 13.2 Å². The van der Waals surface area contributed by atoms with E-state index in [1.807, 2.05) is 0 Å². The van der Waals surface area contributed by atoms with Gasteiger partial charge in [-0.1, -0.05) is 0 Å². The minimum Gasteiger partial charge on any atom is -0.478 e. The highest BCUT2D eigenvalue weighted by molar-refractivity contribution is 7.99. The third-order valence-corrected chi connectivity index (χ3v) is 6.36. The monoisotopic (exact) mass is 449 g/mol. The molecule has 29 heavy (non-hydrogen) atoms. The number of aryl methyl sites for hydroxylation is 1. The second-order valence-corrected chi connectivity index (χ2v) is 8.92. The molecule has 0 aliphatic rings. The van der Waals surface area contributed by atoms with Crippen LogP contribution in [0.3, 0.4) is 0 Å². The number of carboxylic acids is 1. The first-order chi connectivity index (χ1) is 13.4. The number of benzene rings is 2.